The van der Waals surface area contributed by atoms with E-state index in [0.717, 1.165) is 40.9 Å². The molecule has 0 saturated heterocycles. The number of nitrogens with zero attached hydrogens (tertiary/aromatic N) is 7. The molecule has 9 nitrogen and oxygen atoms in total. The van der Waals surface area contributed by atoms with Gasteiger partial charge in [-0.1, -0.05) is 79.4 Å². The third-order valence-electron chi connectivity index (χ3n) is 6.74. The van der Waals surface area contributed by atoms with E-state index in [4.69, 9.17) is 16.6 Å². The maximum Gasteiger partial charge on any atom is 0.257 e. The lowest BCUT2D eigenvalue weighted by atomic mass is 9.88. The minimum Gasteiger partial charge on any atom is -0.491 e. The Hall–Kier alpha value is -3.85. The molecule has 35 heavy (non-hydrogen) atoms. The van der Waals surface area contributed by atoms with Crippen LogP contribution in [-0.2, 0) is 6.54 Å². The number of hydrogen-bond acceptors (Lipinski definition) is 7. The highest BCUT2D eigenvalue weighted by molar-refractivity contribution is 6.33. The number of aromatic amines is 1. The Morgan fingerprint density at radius 3 is 2.46 bits per heavy atom. The Labute approximate surface area is 206 Å². The summed E-state index contributed by atoms with van der Waals surface area (Å²) in [6.07, 6.45) is 5.76. The molecule has 1 aliphatic carbocycles. The Bertz CT molecular complexity index is 1470. The zero-order valence-corrected chi connectivity index (χ0v) is 19.7. The molecule has 1 fully saturated rings. The molecule has 176 valence electrons. The van der Waals surface area contributed by atoms with Gasteiger partial charge in [0.2, 0.25) is 0 Å². The van der Waals surface area contributed by atoms with Crippen LogP contribution < -0.4 is 0 Å². The van der Waals surface area contributed by atoms with Crippen LogP contribution in [0.1, 0.15) is 49.4 Å². The first-order valence-corrected chi connectivity index (χ1v) is 12.1. The van der Waals surface area contributed by atoms with Gasteiger partial charge in [-0.3, -0.25) is 0 Å². The fourth-order valence-corrected chi connectivity index (χ4v) is 5.22. The number of halogens is 1. The molecule has 2 N–H and O–H groups in total. The Morgan fingerprint density at radius 2 is 1.71 bits per heavy atom. The standard InChI is InChI=1S/C25H23ClN8O/c26-22-20-21(25(35)31-28-22)34(24(27-20)17-6-2-1-3-7-17)14-15-10-12-16(13-11-15)18-8-4-5-9-19(18)23-29-32-33-30-23/h4-5,8-13,17H,1-3,6-7,14H2,(H,31,35)(H,29,30,32,33). The molecule has 0 atom stereocenters. The summed E-state index contributed by atoms with van der Waals surface area (Å²) in [6.45, 7) is 0.547. The van der Waals surface area contributed by atoms with Crippen LogP contribution in [0.4, 0.5) is 0 Å². The van der Waals surface area contributed by atoms with Crippen molar-refractivity contribution in [3.8, 4) is 28.4 Å². The van der Waals surface area contributed by atoms with E-state index in [9.17, 15) is 5.11 Å². The van der Waals surface area contributed by atoms with Gasteiger partial charge in [0.15, 0.2) is 11.0 Å². The number of aromatic nitrogens is 8. The Kier molecular flexibility index (Phi) is 5.61. The maximum absolute atomic E-state index is 10.6. The average Bonchev–Trinajstić information content (AvgIpc) is 3.57. The largest absolute Gasteiger partial charge is 0.491 e. The predicted octanol–water partition coefficient (Wildman–Crippen LogP) is 5.13. The van der Waals surface area contributed by atoms with Crippen molar-refractivity contribution < 1.29 is 5.11 Å². The first-order valence-electron chi connectivity index (χ1n) is 11.7. The second kappa shape index (κ2) is 9.07. The van der Waals surface area contributed by atoms with Crippen LogP contribution in [0.2, 0.25) is 5.15 Å². The van der Waals surface area contributed by atoms with E-state index in [-0.39, 0.29) is 11.0 Å². The van der Waals surface area contributed by atoms with E-state index < -0.39 is 0 Å². The molecule has 5 aromatic rings. The zero-order chi connectivity index (χ0) is 23.8. The zero-order valence-electron chi connectivity index (χ0n) is 18.9. The van der Waals surface area contributed by atoms with E-state index >= 15 is 0 Å². The van der Waals surface area contributed by atoms with E-state index in [0.29, 0.717) is 29.3 Å². The van der Waals surface area contributed by atoms with Crippen molar-refractivity contribution in [1.29, 1.82) is 0 Å². The summed E-state index contributed by atoms with van der Waals surface area (Å²) in [5, 5.41) is 32.8. The number of aromatic hydroxyl groups is 1. The lowest BCUT2D eigenvalue weighted by molar-refractivity contribution is 0.417. The summed E-state index contributed by atoms with van der Waals surface area (Å²) >= 11 is 6.32. The van der Waals surface area contributed by atoms with Crippen LogP contribution in [0.15, 0.2) is 48.5 Å². The minimum atomic E-state index is -0.148. The van der Waals surface area contributed by atoms with Crippen LogP contribution >= 0.6 is 11.6 Å². The molecule has 3 heterocycles. The molecule has 0 amide bonds. The molecule has 2 aromatic carbocycles. The smallest absolute Gasteiger partial charge is 0.257 e. The second-order valence-corrected chi connectivity index (χ2v) is 9.25. The molecular formula is C25H23ClN8O. The molecule has 1 saturated carbocycles. The Balaban J connectivity index is 1.38. The monoisotopic (exact) mass is 486 g/mol. The van der Waals surface area contributed by atoms with Crippen LogP contribution in [0.3, 0.4) is 0 Å². The number of H-pyrrole nitrogens is 1. The van der Waals surface area contributed by atoms with Crippen molar-refractivity contribution in [3.63, 3.8) is 0 Å². The highest BCUT2D eigenvalue weighted by Crippen LogP contribution is 2.37. The van der Waals surface area contributed by atoms with Crippen molar-refractivity contribution in [2.75, 3.05) is 0 Å². The molecule has 0 bridgehead atoms. The SMILES string of the molecule is Oc1nnc(Cl)c2nc(C3CCCCC3)n(Cc3ccc(-c4ccccc4-c4nnn[nH]4)cc3)c12. The lowest BCUT2D eigenvalue weighted by Gasteiger charge is -2.22. The van der Waals surface area contributed by atoms with Crippen molar-refractivity contribution >= 4 is 22.6 Å². The van der Waals surface area contributed by atoms with Gasteiger partial charge in [-0.05, 0) is 40.0 Å². The molecule has 0 spiro atoms. The van der Waals surface area contributed by atoms with Gasteiger partial charge in [-0.25, -0.2) is 10.1 Å². The number of nitrogens with one attached hydrogen (secondary N) is 1. The topological polar surface area (TPSA) is 118 Å². The Morgan fingerprint density at radius 1 is 0.943 bits per heavy atom. The maximum atomic E-state index is 10.6. The number of imidazole rings is 1. The number of fused-ring (bicyclic) bond motifs is 1. The molecule has 3 aromatic heterocycles. The summed E-state index contributed by atoms with van der Waals surface area (Å²) in [5.41, 5.74) is 5.15. The third-order valence-corrected chi connectivity index (χ3v) is 6.99. The van der Waals surface area contributed by atoms with Gasteiger partial charge in [-0.15, -0.1) is 15.3 Å². The van der Waals surface area contributed by atoms with E-state index in [1.54, 1.807) is 0 Å². The molecule has 0 aliphatic heterocycles. The van der Waals surface area contributed by atoms with Crippen molar-refractivity contribution in [2.24, 2.45) is 0 Å². The summed E-state index contributed by atoms with van der Waals surface area (Å²) in [5.74, 6) is 1.75. The summed E-state index contributed by atoms with van der Waals surface area (Å²) in [4.78, 5) is 4.84. The first-order chi connectivity index (χ1) is 17.2. The molecule has 6 rings (SSSR count). The lowest BCUT2D eigenvalue weighted by Crippen LogP contribution is -2.13. The van der Waals surface area contributed by atoms with Crippen LogP contribution in [0, 0.1) is 0 Å². The normalized spacial score (nSPS) is 14.5. The minimum absolute atomic E-state index is 0.148. The molecule has 1 aliphatic rings. The molecular weight excluding hydrogens is 464 g/mol. The van der Waals surface area contributed by atoms with Crippen molar-refractivity contribution in [3.05, 3.63) is 65.1 Å². The summed E-state index contributed by atoms with van der Waals surface area (Å²) in [6, 6.07) is 16.4. The van der Waals surface area contributed by atoms with E-state index in [2.05, 4.69) is 65.7 Å². The quantitative estimate of drug-likeness (QED) is 0.353. The van der Waals surface area contributed by atoms with Gasteiger partial charge >= 0.3 is 0 Å². The van der Waals surface area contributed by atoms with Crippen molar-refractivity contribution in [1.82, 2.24) is 40.4 Å². The van der Waals surface area contributed by atoms with E-state index in [1.807, 2.05) is 18.2 Å². The predicted molar refractivity (Wildman–Crippen MR) is 132 cm³/mol. The third kappa shape index (κ3) is 4.01. The van der Waals surface area contributed by atoms with Gasteiger partial charge in [0, 0.05) is 18.0 Å². The van der Waals surface area contributed by atoms with Gasteiger partial charge < -0.3 is 9.67 Å². The van der Waals surface area contributed by atoms with E-state index in [1.165, 1.54) is 19.3 Å². The van der Waals surface area contributed by atoms with Crippen molar-refractivity contribution in [2.45, 2.75) is 44.6 Å². The second-order valence-electron chi connectivity index (χ2n) is 8.90. The summed E-state index contributed by atoms with van der Waals surface area (Å²) < 4.78 is 2.06. The van der Waals surface area contributed by atoms with Gasteiger partial charge in [0.25, 0.3) is 5.88 Å². The van der Waals surface area contributed by atoms with Crippen LogP contribution in [0.25, 0.3) is 33.5 Å². The molecule has 0 radical (unpaired) electrons. The summed E-state index contributed by atoms with van der Waals surface area (Å²) in [7, 11) is 0. The fraction of sp³-hybridized carbons (Fsp3) is 0.280. The molecule has 10 heteroatoms. The number of hydrogen-bond donors (Lipinski definition) is 2. The molecule has 0 unspecified atom stereocenters. The number of tetrazole rings is 1. The number of rotatable bonds is 5. The van der Waals surface area contributed by atoms with Crippen LogP contribution in [0.5, 0.6) is 5.88 Å². The van der Waals surface area contributed by atoms with Gasteiger partial charge in [0.1, 0.15) is 16.9 Å². The fourth-order valence-electron chi connectivity index (χ4n) is 5.05. The van der Waals surface area contributed by atoms with Crippen LogP contribution in [-0.4, -0.2) is 45.5 Å². The highest BCUT2D eigenvalue weighted by atomic mass is 35.5. The highest BCUT2D eigenvalue weighted by Gasteiger charge is 2.26. The van der Waals surface area contributed by atoms with Gasteiger partial charge in [-0.2, -0.15) is 0 Å². The first kappa shape index (κ1) is 21.7. The number of benzene rings is 2. The average molecular weight is 487 g/mol. The van der Waals surface area contributed by atoms with Gasteiger partial charge in [0.05, 0.1) is 0 Å².